The molecular weight excluding hydrogens is 495 g/mol. The number of allylic oxidation sites excluding steroid dienone is 1. The summed E-state index contributed by atoms with van der Waals surface area (Å²) in [5.74, 6) is -1.38. The molecule has 1 N–H and O–H groups in total. The van der Waals surface area contributed by atoms with Gasteiger partial charge in [0.25, 0.3) is 0 Å². The fourth-order valence-electron chi connectivity index (χ4n) is 4.50. The van der Waals surface area contributed by atoms with Gasteiger partial charge in [0.1, 0.15) is 0 Å². The maximum absolute atomic E-state index is 14.2. The van der Waals surface area contributed by atoms with Crippen LogP contribution in [0.15, 0.2) is 45.6 Å². The Morgan fingerprint density at radius 2 is 2.08 bits per heavy atom. The van der Waals surface area contributed by atoms with E-state index in [4.69, 9.17) is 9.47 Å². The van der Waals surface area contributed by atoms with E-state index in [0.717, 1.165) is 30.2 Å². The van der Waals surface area contributed by atoms with E-state index in [9.17, 15) is 22.8 Å². The molecule has 1 fully saturated rings. The molecule has 3 aliphatic rings. The normalized spacial score (nSPS) is 21.8. The molecule has 36 heavy (non-hydrogen) atoms. The predicted molar refractivity (Wildman–Crippen MR) is 130 cm³/mol. The number of esters is 1. The summed E-state index contributed by atoms with van der Waals surface area (Å²) in [4.78, 5) is 31.2. The summed E-state index contributed by atoms with van der Waals surface area (Å²) >= 11 is 0.998. The number of hydrogen-bond acceptors (Lipinski definition) is 7. The second-order valence-electron chi connectivity index (χ2n) is 8.85. The quantitative estimate of drug-likeness (QED) is 0.524. The Bertz CT molecular complexity index is 1140. The van der Waals surface area contributed by atoms with Crippen molar-refractivity contribution in [2.45, 2.75) is 58.4 Å². The van der Waals surface area contributed by atoms with Crippen LogP contribution in [0.3, 0.4) is 0 Å². The Balaban J connectivity index is 1.74. The van der Waals surface area contributed by atoms with Gasteiger partial charge in [0, 0.05) is 18.8 Å². The number of carbonyl (C=O) groups excluding carboxylic acids is 2. The first-order chi connectivity index (χ1) is 17.1. The molecule has 1 saturated heterocycles. The average molecular weight is 524 g/mol. The minimum absolute atomic E-state index is 0.0385. The molecule has 0 spiro atoms. The van der Waals surface area contributed by atoms with Gasteiger partial charge in [0.2, 0.25) is 5.91 Å². The van der Waals surface area contributed by atoms with E-state index in [1.165, 1.54) is 6.92 Å². The van der Waals surface area contributed by atoms with Crippen LogP contribution in [-0.4, -0.2) is 54.0 Å². The number of nitrogens with zero attached hydrogens (tertiary/aromatic N) is 2. The first-order valence-corrected chi connectivity index (χ1v) is 12.7. The third-order valence-electron chi connectivity index (χ3n) is 6.20. The number of alkyl halides is 3. The van der Waals surface area contributed by atoms with E-state index in [0.29, 0.717) is 30.0 Å². The van der Waals surface area contributed by atoms with Crippen molar-refractivity contribution in [3.05, 3.63) is 57.3 Å². The highest BCUT2D eigenvalue weighted by atomic mass is 32.2. The highest BCUT2D eigenvalue weighted by molar-refractivity contribution is 8.16. The highest BCUT2D eigenvalue weighted by Crippen LogP contribution is 2.48. The molecule has 194 valence electrons. The van der Waals surface area contributed by atoms with Crippen molar-refractivity contribution >= 4 is 28.8 Å². The number of rotatable bonds is 7. The molecule has 2 atom stereocenters. The van der Waals surface area contributed by atoms with Crippen molar-refractivity contribution in [2.75, 3.05) is 19.8 Å². The molecular formula is C25H28F3N3O4S. The molecule has 0 radical (unpaired) electrons. The lowest BCUT2D eigenvalue weighted by atomic mass is 9.89. The lowest BCUT2D eigenvalue weighted by Gasteiger charge is -2.37. The maximum atomic E-state index is 14.2. The van der Waals surface area contributed by atoms with Gasteiger partial charge in [-0.1, -0.05) is 35.5 Å². The second kappa shape index (κ2) is 10.7. The van der Waals surface area contributed by atoms with Gasteiger partial charge in [-0.25, -0.2) is 9.79 Å². The molecule has 3 heterocycles. The molecule has 0 aliphatic carbocycles. The maximum Gasteiger partial charge on any atom is 0.434 e. The number of thioether (sulfide) groups is 1. The molecule has 0 bridgehead atoms. The number of aliphatic imine (C=N–C) groups is 1. The third kappa shape index (κ3) is 5.46. The van der Waals surface area contributed by atoms with Gasteiger partial charge >= 0.3 is 12.1 Å². The standard InChI is InChI=1S/C25H28F3N3O4S/c1-4-34-23(33)20-21(18-10-14(2)7-8-15(18)3)31-16(11-19(32)29-12-17-6-5-9-35-17)13-36-24(31)30-22(20)25(26,27)28/h7-8,10,13,17,21H,4-6,9,11-12H2,1-3H3,(H,29,32). The number of nitrogens with one attached hydrogen (secondary N) is 1. The van der Waals surface area contributed by atoms with Crippen LogP contribution in [0.1, 0.15) is 48.9 Å². The molecule has 1 amide bonds. The van der Waals surface area contributed by atoms with Crippen molar-refractivity contribution in [2.24, 2.45) is 4.99 Å². The lowest BCUT2D eigenvalue weighted by molar-refractivity contribution is -0.140. The van der Waals surface area contributed by atoms with Gasteiger partial charge in [-0.3, -0.25) is 4.79 Å². The Kier molecular flexibility index (Phi) is 7.79. The number of carbonyl (C=O) groups is 2. The Morgan fingerprint density at radius 3 is 2.75 bits per heavy atom. The minimum Gasteiger partial charge on any atom is -0.463 e. The van der Waals surface area contributed by atoms with Gasteiger partial charge in [0.05, 0.1) is 30.7 Å². The third-order valence-corrected chi connectivity index (χ3v) is 7.08. The first kappa shape index (κ1) is 26.3. The first-order valence-electron chi connectivity index (χ1n) is 11.8. The SMILES string of the molecule is CCOC(=O)C1=C(C(F)(F)F)N=C2SC=C(CC(=O)NCC3CCCO3)N2C1c1cc(C)ccc1C. The molecule has 0 saturated carbocycles. The summed E-state index contributed by atoms with van der Waals surface area (Å²) in [5.41, 5.74) is 0.633. The number of benzene rings is 1. The molecule has 3 aliphatic heterocycles. The van der Waals surface area contributed by atoms with Crippen LogP contribution in [0.4, 0.5) is 13.2 Å². The highest BCUT2D eigenvalue weighted by Gasteiger charge is 2.49. The number of aryl methyl sites for hydroxylation is 2. The van der Waals surface area contributed by atoms with E-state index in [1.807, 2.05) is 13.0 Å². The number of hydrogen-bond donors (Lipinski definition) is 1. The zero-order chi connectivity index (χ0) is 26.0. The van der Waals surface area contributed by atoms with Crippen LogP contribution >= 0.6 is 11.8 Å². The Morgan fingerprint density at radius 1 is 1.31 bits per heavy atom. The molecule has 11 heteroatoms. The second-order valence-corrected chi connectivity index (χ2v) is 9.69. The van der Waals surface area contributed by atoms with Gasteiger partial charge in [-0.15, -0.1) is 0 Å². The smallest absolute Gasteiger partial charge is 0.434 e. The average Bonchev–Trinajstić information content (AvgIpc) is 3.48. The minimum atomic E-state index is -4.88. The Labute approximate surface area is 211 Å². The zero-order valence-corrected chi connectivity index (χ0v) is 21.1. The monoisotopic (exact) mass is 523 g/mol. The van der Waals surface area contributed by atoms with E-state index in [-0.39, 0.29) is 30.2 Å². The summed E-state index contributed by atoms with van der Waals surface area (Å²) in [6.45, 7) is 6.08. The molecule has 0 aromatic heterocycles. The van der Waals surface area contributed by atoms with Crippen LogP contribution in [0, 0.1) is 13.8 Å². The van der Waals surface area contributed by atoms with E-state index < -0.39 is 29.5 Å². The number of amides is 1. The summed E-state index contributed by atoms with van der Waals surface area (Å²) in [6.07, 6.45) is -3.19. The van der Waals surface area contributed by atoms with Crippen molar-refractivity contribution in [1.29, 1.82) is 0 Å². The molecule has 1 aromatic carbocycles. The summed E-state index contributed by atoms with van der Waals surface area (Å²) in [5, 5.41) is 4.52. The van der Waals surface area contributed by atoms with E-state index in [1.54, 1.807) is 29.4 Å². The van der Waals surface area contributed by atoms with E-state index in [2.05, 4.69) is 10.3 Å². The fourth-order valence-corrected chi connectivity index (χ4v) is 5.42. The fraction of sp³-hybridized carbons (Fsp3) is 0.480. The van der Waals surface area contributed by atoms with Gasteiger partial charge < -0.3 is 19.7 Å². The van der Waals surface area contributed by atoms with Crippen molar-refractivity contribution in [3.8, 4) is 0 Å². The molecule has 1 aromatic rings. The number of halogens is 3. The van der Waals surface area contributed by atoms with Gasteiger partial charge in [0.15, 0.2) is 10.9 Å². The van der Waals surface area contributed by atoms with Crippen molar-refractivity contribution in [1.82, 2.24) is 10.2 Å². The zero-order valence-electron chi connectivity index (χ0n) is 20.3. The molecule has 2 unspecified atom stereocenters. The van der Waals surface area contributed by atoms with E-state index >= 15 is 0 Å². The van der Waals surface area contributed by atoms with Crippen LogP contribution < -0.4 is 5.32 Å². The van der Waals surface area contributed by atoms with Crippen LogP contribution in [0.2, 0.25) is 0 Å². The number of amidine groups is 1. The molecule has 4 rings (SSSR count). The predicted octanol–water partition coefficient (Wildman–Crippen LogP) is 4.67. The van der Waals surface area contributed by atoms with Crippen LogP contribution in [-0.2, 0) is 19.1 Å². The van der Waals surface area contributed by atoms with Crippen molar-refractivity contribution in [3.63, 3.8) is 0 Å². The Hall–Kier alpha value is -2.79. The largest absolute Gasteiger partial charge is 0.463 e. The van der Waals surface area contributed by atoms with Crippen LogP contribution in [0.25, 0.3) is 0 Å². The van der Waals surface area contributed by atoms with Crippen molar-refractivity contribution < 1.29 is 32.2 Å². The summed E-state index contributed by atoms with van der Waals surface area (Å²) in [6, 6.07) is 4.25. The summed E-state index contributed by atoms with van der Waals surface area (Å²) < 4.78 is 53.2. The summed E-state index contributed by atoms with van der Waals surface area (Å²) in [7, 11) is 0. The number of fused-ring (bicyclic) bond motifs is 1. The van der Waals surface area contributed by atoms with Gasteiger partial charge in [-0.05, 0) is 50.1 Å². The van der Waals surface area contributed by atoms with Crippen LogP contribution in [0.5, 0.6) is 0 Å². The van der Waals surface area contributed by atoms with Gasteiger partial charge in [-0.2, -0.15) is 13.2 Å². The molecule has 7 nitrogen and oxygen atoms in total. The number of ether oxygens (including phenoxy) is 2. The topological polar surface area (TPSA) is 80.2 Å². The lowest BCUT2D eigenvalue weighted by Crippen LogP contribution is -2.40.